The van der Waals surface area contributed by atoms with Gasteiger partial charge in [0, 0.05) is 116 Å². The molecule has 4 unspecified atom stereocenters. The van der Waals surface area contributed by atoms with Gasteiger partial charge in [-0.2, -0.15) is 20.4 Å². The molecular formula is C74H97BBrCl3N18O12. The fraction of sp³-hybridized carbons (Fsp3) is 0.378. The number of carbonyl (C=O) groups is 2. The summed E-state index contributed by atoms with van der Waals surface area (Å²) in [5, 5.41) is 40.6. The smallest absolute Gasteiger partial charge is 0.494 e. The number of nitrogens with zero attached hydrogens (tertiary/aromatic N) is 12. The average Bonchev–Trinajstić information content (AvgIpc) is 1.63. The summed E-state index contributed by atoms with van der Waals surface area (Å²) in [5.74, 6) is 1.85. The Labute approximate surface area is 659 Å². The number of halogens is 4. The molecule has 0 aliphatic carbocycles. The van der Waals surface area contributed by atoms with Crippen LogP contribution in [0, 0.1) is 0 Å². The van der Waals surface area contributed by atoms with E-state index in [0.29, 0.717) is 77.9 Å². The highest BCUT2D eigenvalue weighted by Gasteiger charge is 2.52. The predicted octanol–water partition coefficient (Wildman–Crippen LogP) is 14.0. The molecule has 586 valence electrons. The highest BCUT2D eigenvalue weighted by atomic mass is 79.9. The molecule has 2 amide bonds. The van der Waals surface area contributed by atoms with Crippen LogP contribution in [0.15, 0.2) is 139 Å². The van der Waals surface area contributed by atoms with E-state index in [0.717, 1.165) is 43.3 Å². The maximum absolute atomic E-state index is 12.1. The van der Waals surface area contributed by atoms with Crippen molar-refractivity contribution in [1.82, 2.24) is 70.2 Å². The number of nitrogen functional groups attached to an aromatic ring is 3. The van der Waals surface area contributed by atoms with Gasteiger partial charge >= 0.3 is 7.12 Å². The second kappa shape index (κ2) is 42.4. The number of hydrogen-bond donors (Lipinski definition) is 6. The van der Waals surface area contributed by atoms with Gasteiger partial charge in [0.2, 0.25) is 0 Å². The molecule has 10 aromatic rings. The fourth-order valence-electron chi connectivity index (χ4n) is 10.3. The molecule has 0 spiro atoms. The van der Waals surface area contributed by atoms with Crippen LogP contribution in [0.3, 0.4) is 0 Å². The lowest BCUT2D eigenvalue weighted by molar-refractivity contribution is 0.00578. The van der Waals surface area contributed by atoms with Gasteiger partial charge in [-0.3, -0.25) is 9.59 Å². The van der Waals surface area contributed by atoms with Crippen LogP contribution in [0.4, 0.5) is 28.4 Å². The zero-order valence-corrected chi connectivity index (χ0v) is 68.3. The Kier molecular flexibility index (Phi) is 34.3. The van der Waals surface area contributed by atoms with Crippen LogP contribution in [0.2, 0.25) is 15.3 Å². The first kappa shape index (κ1) is 88.3. The van der Waals surface area contributed by atoms with E-state index < -0.39 is 0 Å². The third-order valence-corrected chi connectivity index (χ3v) is 17.8. The first-order valence-corrected chi connectivity index (χ1v) is 36.4. The van der Waals surface area contributed by atoms with Gasteiger partial charge < -0.3 is 80.4 Å². The van der Waals surface area contributed by atoms with Gasteiger partial charge in [-0.1, -0.05) is 77.3 Å². The van der Waals surface area contributed by atoms with Gasteiger partial charge in [0.25, 0.3) is 11.8 Å². The van der Waals surface area contributed by atoms with Crippen molar-refractivity contribution in [3.8, 4) is 56.4 Å². The molecule has 4 aromatic carbocycles. The molecule has 4 atom stereocenters. The number of amides is 2. The molecule has 1 saturated heterocycles. The van der Waals surface area contributed by atoms with Crippen molar-refractivity contribution in [2.24, 2.45) is 0 Å². The van der Waals surface area contributed by atoms with E-state index in [1.165, 1.54) is 26.2 Å². The molecule has 9 N–H and O–H groups in total. The Balaban J connectivity index is 0.000000211. The number of hydrogen-bond acceptors (Lipinski definition) is 24. The zero-order valence-electron chi connectivity index (χ0n) is 64.4. The predicted molar refractivity (Wildman–Crippen MR) is 429 cm³/mol. The molecule has 0 bridgehead atoms. The second-order valence-corrected chi connectivity index (χ2v) is 26.4. The summed E-state index contributed by atoms with van der Waals surface area (Å²) in [4.78, 5) is 23.2. The summed E-state index contributed by atoms with van der Waals surface area (Å²) in [5.41, 5.74) is 26.2. The quantitative estimate of drug-likeness (QED) is 0.0242. The van der Waals surface area contributed by atoms with E-state index in [1.54, 1.807) is 78.0 Å². The number of aromatic nitrogens is 12. The summed E-state index contributed by atoms with van der Waals surface area (Å²) in [7, 11) is 9.03. The van der Waals surface area contributed by atoms with Crippen LogP contribution in [0.5, 0.6) is 23.0 Å². The summed E-state index contributed by atoms with van der Waals surface area (Å²) in [6.07, 6.45) is 14.3. The third-order valence-electron chi connectivity index (χ3n) is 16.6. The molecule has 6 aromatic heterocycles. The van der Waals surface area contributed by atoms with E-state index in [9.17, 15) is 9.59 Å². The number of para-hydroxylation sites is 4. The van der Waals surface area contributed by atoms with E-state index in [2.05, 4.69) is 72.7 Å². The maximum atomic E-state index is 12.1. The number of carbonyl (C=O) groups excluding carboxylic acids is 2. The van der Waals surface area contributed by atoms with Crippen molar-refractivity contribution < 1.29 is 56.8 Å². The second-order valence-electron chi connectivity index (χ2n) is 24.4. The molecular weight excluding hydrogens is 1530 g/mol. The number of nitrogens with two attached hydrogens (primary N) is 3. The number of benzene rings is 4. The summed E-state index contributed by atoms with van der Waals surface area (Å²) < 4.78 is 63.4. The highest BCUT2D eigenvalue weighted by molar-refractivity contribution is 9.10. The minimum atomic E-state index is -0.386. The number of anilines is 5. The largest absolute Gasteiger partial charge is 0.498 e. The first-order valence-electron chi connectivity index (χ1n) is 34.5. The van der Waals surface area contributed by atoms with E-state index in [-0.39, 0.29) is 81.8 Å². The molecule has 7 heterocycles. The van der Waals surface area contributed by atoms with Crippen LogP contribution < -0.4 is 57.6 Å². The van der Waals surface area contributed by atoms with Crippen molar-refractivity contribution >= 4 is 104 Å². The lowest BCUT2D eigenvalue weighted by Gasteiger charge is -2.32. The SMILES string of the molecule is CCOC(C)n1cc(-c2cccc(N)c2OC)cn1.CCOC(C)n1cc(-c2cccc(N)c2OC)cn1.CCOC(C)n1cc(-c2cccc(Nc3cc(Cl)nnc3C(=O)NC)c2OC)cn1.CCOC(C)n1cc(B2OC(C)(C)C(C)(C)O2)cn1.CNC(=O)c1nnc(Cl)cc1Cl.COc1c(N)cccc1Br. The van der Waals surface area contributed by atoms with E-state index in [1.807, 2.05) is 175 Å². The topological polar surface area (TPSA) is 363 Å². The molecule has 11 rings (SSSR count). The summed E-state index contributed by atoms with van der Waals surface area (Å²) >= 11 is 20.4. The number of ether oxygens (including phenoxy) is 8. The first-order chi connectivity index (χ1) is 52.0. The molecule has 109 heavy (non-hydrogen) atoms. The van der Waals surface area contributed by atoms with Gasteiger partial charge in [-0.15, -0.1) is 20.4 Å². The van der Waals surface area contributed by atoms with Crippen molar-refractivity contribution in [1.29, 1.82) is 0 Å². The maximum Gasteiger partial charge on any atom is 0.498 e. The minimum Gasteiger partial charge on any atom is -0.494 e. The fourth-order valence-corrected chi connectivity index (χ4v) is 11.4. The van der Waals surface area contributed by atoms with Crippen molar-refractivity contribution in [3.05, 3.63) is 166 Å². The Bertz CT molecular complexity index is 4410. The summed E-state index contributed by atoms with van der Waals surface area (Å²) in [6.45, 7) is 26.3. The Morgan fingerprint density at radius 2 is 0.853 bits per heavy atom. The molecule has 1 fully saturated rings. The van der Waals surface area contributed by atoms with E-state index >= 15 is 0 Å². The Morgan fingerprint density at radius 3 is 1.24 bits per heavy atom. The minimum absolute atomic E-state index is 0.0727. The van der Waals surface area contributed by atoms with Crippen LogP contribution in [-0.4, -0.2) is 159 Å². The standard InChI is InChI=1S/C20H23ClN6O3.2C14H19N3O2.C13H23BN2O3.C7H8BrNO.C6H5Cl2N3O/c1-5-30-12(2)27-11-13(10-23-27)14-7-6-8-15(19(14)29-4)24-16-9-17(21)25-26-18(16)20(28)22-3;2*1-4-19-10(2)17-9-11(8-16-17)12-6-5-7-13(15)14(12)18-3;1-7-17-10(2)16-9-11(8-15-16)14-18-12(3,4)13(5,6)19-14;1-10-7-5(8)3-2-4-6(7)9;1-9-6(12)5-3(7)2-4(8)10-11-5/h6-12H,5H2,1-4H3,(H,22,28)(H,24,25);2*5-10H,4,15H2,1-3H3;8-10H,7H2,1-6H3;2-4H,9H2,1H3;2H,1H3,(H,9,12). The number of methoxy groups -OCH3 is 4. The molecule has 0 saturated carbocycles. The van der Waals surface area contributed by atoms with Crippen molar-refractivity contribution in [3.63, 3.8) is 0 Å². The van der Waals surface area contributed by atoms with Crippen LogP contribution in [-0.2, 0) is 28.3 Å². The molecule has 30 nitrogen and oxygen atoms in total. The van der Waals surface area contributed by atoms with Crippen LogP contribution in [0.1, 0.15) is 129 Å². The molecule has 1 aliphatic heterocycles. The lowest BCUT2D eigenvalue weighted by Crippen LogP contribution is -2.41. The summed E-state index contributed by atoms with van der Waals surface area (Å²) in [6, 6.07) is 25.4. The van der Waals surface area contributed by atoms with Crippen molar-refractivity contribution in [2.45, 2.75) is 119 Å². The highest BCUT2D eigenvalue weighted by Crippen LogP contribution is 2.41. The Hall–Kier alpha value is -9.61. The van der Waals surface area contributed by atoms with Gasteiger partial charge in [0.1, 0.15) is 42.2 Å². The number of nitrogens with one attached hydrogen (secondary N) is 3. The molecule has 35 heteroatoms. The molecule has 1 aliphatic rings. The lowest BCUT2D eigenvalue weighted by atomic mass is 9.82. The van der Waals surface area contributed by atoms with Crippen LogP contribution >= 0.6 is 50.7 Å². The zero-order chi connectivity index (χ0) is 80.3. The normalized spacial score (nSPS) is 13.4. The van der Waals surface area contributed by atoms with Gasteiger partial charge in [0.05, 0.1) is 96.2 Å². The van der Waals surface area contributed by atoms with Gasteiger partial charge in [-0.25, -0.2) is 18.7 Å². The van der Waals surface area contributed by atoms with Gasteiger partial charge in [0.15, 0.2) is 27.4 Å². The Morgan fingerprint density at radius 1 is 0.495 bits per heavy atom. The van der Waals surface area contributed by atoms with E-state index in [4.69, 9.17) is 99.2 Å². The average molecular weight is 1630 g/mol. The van der Waals surface area contributed by atoms with Gasteiger partial charge in [-0.05, 0) is 135 Å². The van der Waals surface area contributed by atoms with Crippen LogP contribution in [0.25, 0.3) is 33.4 Å². The van der Waals surface area contributed by atoms with Crippen molar-refractivity contribution in [2.75, 3.05) is 91.5 Å². The monoisotopic (exact) mass is 1620 g/mol. The molecule has 0 radical (unpaired) electrons. The number of rotatable bonds is 24. The third kappa shape index (κ3) is 23.9.